The van der Waals surface area contributed by atoms with Gasteiger partial charge in [0, 0.05) is 16.9 Å². The van der Waals surface area contributed by atoms with Crippen molar-refractivity contribution in [3.63, 3.8) is 0 Å². The van der Waals surface area contributed by atoms with Crippen molar-refractivity contribution < 1.29 is 21.2 Å². The summed E-state index contributed by atoms with van der Waals surface area (Å²) in [6.07, 6.45) is 0.825. The van der Waals surface area contributed by atoms with Crippen LogP contribution in [0.3, 0.4) is 0 Å². The minimum absolute atomic E-state index is 0.825. The molecule has 0 bridgehead atoms. The maximum absolute atomic E-state index is 13.2. The Labute approximate surface area is 81.4 Å². The van der Waals surface area contributed by atoms with E-state index in [1.165, 1.54) is 0 Å². The summed E-state index contributed by atoms with van der Waals surface area (Å²) < 4.78 is 55.5. The van der Waals surface area contributed by atoms with Gasteiger partial charge in [-0.3, -0.25) is 0 Å². The van der Waals surface area contributed by atoms with Gasteiger partial charge in [0.2, 0.25) is 9.05 Å². The average Bonchev–Trinajstić information content (AvgIpc) is 1.43. The fraction of sp³-hybridized carbons (Fsp3) is 1.00. The minimum atomic E-state index is -4.02. The molecule has 8 heteroatoms. The van der Waals surface area contributed by atoms with E-state index in [4.69, 9.17) is 10.7 Å². The molecule has 0 amide bonds. The van der Waals surface area contributed by atoms with Crippen LogP contribution in [-0.2, 0) is 18.9 Å². The predicted molar refractivity (Wildman–Crippen MR) is 48.9 cm³/mol. The molecule has 80 valence electrons. The van der Waals surface area contributed by atoms with Crippen LogP contribution in [0.1, 0.15) is 6.92 Å². The van der Waals surface area contributed by atoms with E-state index >= 15 is 0 Å². The molecule has 0 unspecified atom stereocenters. The van der Waals surface area contributed by atoms with E-state index in [-0.39, 0.29) is 0 Å². The van der Waals surface area contributed by atoms with E-state index in [2.05, 4.69) is 0 Å². The Bertz CT molecular complexity index is 333. The van der Waals surface area contributed by atoms with Crippen LogP contribution in [0.15, 0.2) is 0 Å². The van der Waals surface area contributed by atoms with Gasteiger partial charge in [-0.2, -0.15) is 0 Å². The molecular weight excluding hydrogens is 243 g/mol. The summed E-state index contributed by atoms with van der Waals surface area (Å²) in [5, 5.41) is 0. The summed E-state index contributed by atoms with van der Waals surface area (Å²) in [7, 11) is -2.79. The molecule has 0 aromatic carbocycles. The number of sulfone groups is 1. The molecule has 0 aliphatic carbocycles. The zero-order valence-electron chi connectivity index (χ0n) is 7.12. The van der Waals surface area contributed by atoms with Gasteiger partial charge < -0.3 is 0 Å². The molecule has 0 heterocycles. The Morgan fingerprint density at radius 3 is 1.85 bits per heavy atom. The fourth-order valence-corrected chi connectivity index (χ4v) is 3.78. The fourth-order valence-electron chi connectivity index (χ4n) is 0.948. The number of alkyl halides is 1. The molecule has 0 saturated carbocycles. The topological polar surface area (TPSA) is 68.3 Å². The first-order valence-electron chi connectivity index (χ1n) is 3.20. The standard InChI is InChI=1S/C5H10ClFO4S2/c1-5(7,3-12(2,8)9)4-13(6,10)11/h3-4H2,1-2H3/t5-/m0/s1. The van der Waals surface area contributed by atoms with Crippen LogP contribution in [-0.4, -0.2) is 40.3 Å². The highest BCUT2D eigenvalue weighted by Crippen LogP contribution is 2.17. The van der Waals surface area contributed by atoms with Gasteiger partial charge in [0.05, 0.1) is 11.5 Å². The van der Waals surface area contributed by atoms with E-state index in [1.54, 1.807) is 0 Å². The van der Waals surface area contributed by atoms with Crippen LogP contribution in [0.5, 0.6) is 0 Å². The number of halogens is 2. The van der Waals surface area contributed by atoms with Gasteiger partial charge in [-0.05, 0) is 6.92 Å². The zero-order valence-corrected chi connectivity index (χ0v) is 9.51. The first kappa shape index (κ1) is 13.1. The average molecular weight is 253 g/mol. The number of hydrogen-bond acceptors (Lipinski definition) is 4. The summed E-state index contributed by atoms with van der Waals surface area (Å²) in [5.74, 6) is -1.86. The second kappa shape index (κ2) is 3.70. The molecule has 0 spiro atoms. The molecule has 0 rings (SSSR count). The zero-order chi connectivity index (χ0) is 10.9. The smallest absolute Gasteiger partial charge is 0.235 e. The second-order valence-electron chi connectivity index (χ2n) is 3.17. The molecule has 0 aliphatic rings. The van der Waals surface area contributed by atoms with E-state index in [0.29, 0.717) is 0 Å². The van der Waals surface area contributed by atoms with Gasteiger partial charge in [-0.1, -0.05) is 0 Å². The molecular formula is C5H10ClFO4S2. The van der Waals surface area contributed by atoms with E-state index in [1.807, 2.05) is 0 Å². The lowest BCUT2D eigenvalue weighted by Crippen LogP contribution is -2.34. The summed E-state index contributed by atoms with van der Waals surface area (Å²) in [6, 6.07) is 0. The molecule has 0 aromatic heterocycles. The molecule has 0 saturated heterocycles. The molecule has 0 radical (unpaired) electrons. The maximum atomic E-state index is 13.2. The quantitative estimate of drug-likeness (QED) is 0.676. The SMILES string of the molecule is C[C@](F)(CS(C)(=O)=O)CS(=O)(=O)Cl. The van der Waals surface area contributed by atoms with Crippen LogP contribution >= 0.6 is 10.7 Å². The Kier molecular flexibility index (Phi) is 3.74. The van der Waals surface area contributed by atoms with E-state index < -0.39 is 36.1 Å². The van der Waals surface area contributed by atoms with Crippen molar-refractivity contribution in [2.24, 2.45) is 0 Å². The van der Waals surface area contributed by atoms with Crippen LogP contribution in [0.25, 0.3) is 0 Å². The largest absolute Gasteiger partial charge is 0.242 e. The maximum Gasteiger partial charge on any atom is 0.235 e. The van der Waals surface area contributed by atoms with Gasteiger partial charge in [0.25, 0.3) is 0 Å². The summed E-state index contributed by atoms with van der Waals surface area (Å²) in [5.41, 5.74) is -2.34. The van der Waals surface area contributed by atoms with Crippen molar-refractivity contribution >= 4 is 29.6 Å². The molecule has 0 fully saturated rings. The van der Waals surface area contributed by atoms with Crippen molar-refractivity contribution in [3.8, 4) is 0 Å². The van der Waals surface area contributed by atoms with Crippen molar-refractivity contribution in [3.05, 3.63) is 0 Å². The van der Waals surface area contributed by atoms with Gasteiger partial charge in [-0.25, -0.2) is 21.2 Å². The third kappa shape index (κ3) is 8.45. The Balaban J connectivity index is 4.62. The predicted octanol–water partition coefficient (Wildman–Crippen LogP) is 0.328. The van der Waals surface area contributed by atoms with Gasteiger partial charge in [-0.15, -0.1) is 0 Å². The lowest BCUT2D eigenvalue weighted by Gasteiger charge is -2.16. The summed E-state index contributed by atoms with van der Waals surface area (Å²) in [6.45, 7) is 0.883. The monoisotopic (exact) mass is 252 g/mol. The molecule has 4 nitrogen and oxygen atoms in total. The summed E-state index contributed by atoms with van der Waals surface area (Å²) in [4.78, 5) is 0. The Hall–Kier alpha value is 0.120. The minimum Gasteiger partial charge on any atom is -0.242 e. The molecule has 13 heavy (non-hydrogen) atoms. The number of rotatable bonds is 4. The lowest BCUT2D eigenvalue weighted by atomic mass is 10.2. The molecule has 1 atom stereocenters. The van der Waals surface area contributed by atoms with Gasteiger partial charge in [0.1, 0.15) is 5.67 Å². The van der Waals surface area contributed by atoms with Crippen LogP contribution < -0.4 is 0 Å². The van der Waals surface area contributed by atoms with Crippen molar-refractivity contribution in [2.45, 2.75) is 12.6 Å². The highest BCUT2D eigenvalue weighted by Gasteiger charge is 2.33. The van der Waals surface area contributed by atoms with Crippen molar-refractivity contribution in [1.29, 1.82) is 0 Å². The molecule has 0 aromatic rings. The first-order valence-corrected chi connectivity index (χ1v) is 7.74. The molecule has 0 N–H and O–H groups in total. The summed E-state index contributed by atoms with van der Waals surface area (Å²) >= 11 is 0. The van der Waals surface area contributed by atoms with Gasteiger partial charge >= 0.3 is 0 Å². The molecule has 0 aliphatic heterocycles. The first-order chi connectivity index (χ1) is 5.41. The van der Waals surface area contributed by atoms with Crippen LogP contribution in [0, 0.1) is 0 Å². The Morgan fingerprint density at radius 1 is 1.23 bits per heavy atom. The normalized spacial score (nSPS) is 18.2. The van der Waals surface area contributed by atoms with Gasteiger partial charge in [0.15, 0.2) is 9.84 Å². The van der Waals surface area contributed by atoms with Crippen molar-refractivity contribution in [2.75, 3.05) is 17.8 Å². The highest BCUT2D eigenvalue weighted by atomic mass is 35.7. The van der Waals surface area contributed by atoms with E-state index in [9.17, 15) is 21.2 Å². The number of hydrogen-bond donors (Lipinski definition) is 0. The third-order valence-electron chi connectivity index (χ3n) is 1.04. The van der Waals surface area contributed by atoms with Crippen molar-refractivity contribution in [1.82, 2.24) is 0 Å². The second-order valence-corrected chi connectivity index (χ2v) is 8.08. The van der Waals surface area contributed by atoms with Crippen LogP contribution in [0.4, 0.5) is 4.39 Å². The lowest BCUT2D eigenvalue weighted by molar-refractivity contribution is 0.253. The highest BCUT2D eigenvalue weighted by molar-refractivity contribution is 8.13. The van der Waals surface area contributed by atoms with E-state index in [0.717, 1.165) is 13.2 Å². The Morgan fingerprint density at radius 2 is 1.62 bits per heavy atom. The third-order valence-corrected chi connectivity index (χ3v) is 3.44. The van der Waals surface area contributed by atoms with Crippen LogP contribution in [0.2, 0.25) is 0 Å².